The summed E-state index contributed by atoms with van der Waals surface area (Å²) in [5, 5.41) is 8.95. The number of hydrogen-bond donors (Lipinski definition) is 1. The zero-order valence-corrected chi connectivity index (χ0v) is 13.4. The maximum absolute atomic E-state index is 12.5. The fraction of sp³-hybridized carbons (Fsp3) is 0.500. The van der Waals surface area contributed by atoms with Gasteiger partial charge in [-0.05, 0) is 18.4 Å². The van der Waals surface area contributed by atoms with E-state index in [0.717, 1.165) is 5.56 Å². The lowest BCUT2D eigenvalue weighted by Crippen LogP contribution is -2.46. The molecule has 0 saturated carbocycles. The molecule has 2 unspecified atom stereocenters. The van der Waals surface area contributed by atoms with Crippen LogP contribution in [0.4, 0.5) is 0 Å². The number of carbonyl (C=O) groups is 1. The van der Waals surface area contributed by atoms with Crippen LogP contribution in [0.3, 0.4) is 0 Å². The highest BCUT2D eigenvalue weighted by atomic mass is 32.2. The summed E-state index contributed by atoms with van der Waals surface area (Å²) < 4.78 is 26.3. The Kier molecular flexibility index (Phi) is 5.29. The monoisotopic (exact) mass is 329 g/mol. The average Bonchev–Trinajstić information content (AvgIpc) is 2.91. The topological polar surface area (TPSA) is 74.7 Å². The van der Waals surface area contributed by atoms with E-state index in [2.05, 4.69) is 0 Å². The quantitative estimate of drug-likeness (QED) is 0.861. The van der Waals surface area contributed by atoms with E-state index in [1.165, 1.54) is 16.1 Å². The van der Waals surface area contributed by atoms with Crippen LogP contribution in [0.25, 0.3) is 0 Å². The standard InChI is InChI=1S/C14H19NO4S2/c1-2-13-15(12(10-20-13)14(16)17)21(18,19)9-8-11-6-4-3-5-7-11/h3-7,12-13H,2,8-10H2,1H3,(H,16,17). The van der Waals surface area contributed by atoms with Crippen molar-refractivity contribution in [3.05, 3.63) is 35.9 Å². The summed E-state index contributed by atoms with van der Waals surface area (Å²) in [6, 6.07) is 8.41. The summed E-state index contributed by atoms with van der Waals surface area (Å²) >= 11 is 1.40. The highest BCUT2D eigenvalue weighted by Gasteiger charge is 2.44. The second-order valence-electron chi connectivity index (χ2n) is 4.93. The van der Waals surface area contributed by atoms with E-state index in [9.17, 15) is 18.3 Å². The van der Waals surface area contributed by atoms with Crippen LogP contribution < -0.4 is 0 Å². The average molecular weight is 329 g/mol. The molecule has 21 heavy (non-hydrogen) atoms. The minimum Gasteiger partial charge on any atom is -0.480 e. The zero-order valence-electron chi connectivity index (χ0n) is 11.8. The van der Waals surface area contributed by atoms with Gasteiger partial charge < -0.3 is 5.11 Å². The Morgan fingerprint density at radius 3 is 2.62 bits per heavy atom. The van der Waals surface area contributed by atoms with E-state index in [-0.39, 0.29) is 11.1 Å². The van der Waals surface area contributed by atoms with Gasteiger partial charge in [-0.3, -0.25) is 4.79 Å². The van der Waals surface area contributed by atoms with E-state index in [4.69, 9.17) is 0 Å². The molecule has 0 amide bonds. The zero-order chi connectivity index (χ0) is 15.5. The number of rotatable bonds is 6. The molecule has 1 fully saturated rings. The number of hydrogen-bond acceptors (Lipinski definition) is 4. The number of carboxylic acids is 1. The number of benzene rings is 1. The maximum atomic E-state index is 12.5. The van der Waals surface area contributed by atoms with Gasteiger partial charge in [0.1, 0.15) is 6.04 Å². The summed E-state index contributed by atoms with van der Waals surface area (Å²) in [7, 11) is -3.58. The van der Waals surface area contributed by atoms with Crippen molar-refractivity contribution in [3.63, 3.8) is 0 Å². The Bertz CT molecular complexity index is 588. The fourth-order valence-corrected chi connectivity index (χ4v) is 6.07. The molecule has 5 nitrogen and oxygen atoms in total. The SMILES string of the molecule is CCC1SCC(C(=O)O)N1S(=O)(=O)CCc1ccccc1. The van der Waals surface area contributed by atoms with E-state index in [1.807, 2.05) is 37.3 Å². The van der Waals surface area contributed by atoms with Gasteiger partial charge in [-0.1, -0.05) is 37.3 Å². The van der Waals surface area contributed by atoms with Crippen molar-refractivity contribution in [1.29, 1.82) is 0 Å². The van der Waals surface area contributed by atoms with Gasteiger partial charge in [-0.15, -0.1) is 11.8 Å². The van der Waals surface area contributed by atoms with Gasteiger partial charge in [0.25, 0.3) is 0 Å². The van der Waals surface area contributed by atoms with Crippen LogP contribution in [-0.2, 0) is 21.2 Å². The van der Waals surface area contributed by atoms with Crippen LogP contribution in [0, 0.1) is 0 Å². The number of aliphatic carboxylic acids is 1. The molecule has 1 aromatic rings. The van der Waals surface area contributed by atoms with Crippen molar-refractivity contribution in [2.24, 2.45) is 0 Å². The van der Waals surface area contributed by atoms with Crippen LogP contribution >= 0.6 is 11.8 Å². The van der Waals surface area contributed by atoms with Gasteiger partial charge in [0, 0.05) is 5.75 Å². The van der Waals surface area contributed by atoms with Gasteiger partial charge in [0.15, 0.2) is 0 Å². The van der Waals surface area contributed by atoms with E-state index in [1.54, 1.807) is 0 Å². The molecule has 1 aromatic carbocycles. The van der Waals surface area contributed by atoms with Crippen LogP contribution in [-0.4, -0.2) is 46.7 Å². The Balaban J connectivity index is 2.14. The lowest BCUT2D eigenvalue weighted by molar-refractivity contribution is -0.140. The molecule has 1 aliphatic rings. The molecule has 1 heterocycles. The van der Waals surface area contributed by atoms with Crippen molar-refractivity contribution >= 4 is 27.8 Å². The molecule has 7 heteroatoms. The molecule has 116 valence electrons. The van der Waals surface area contributed by atoms with E-state index in [0.29, 0.717) is 18.6 Å². The number of carboxylic acid groups (broad SMARTS) is 1. The first kappa shape index (κ1) is 16.3. The molecule has 0 spiro atoms. The summed E-state index contributed by atoms with van der Waals surface area (Å²) in [6.45, 7) is 1.88. The number of nitrogens with zero attached hydrogens (tertiary/aromatic N) is 1. The number of thioether (sulfide) groups is 1. The Morgan fingerprint density at radius 1 is 1.38 bits per heavy atom. The summed E-state index contributed by atoms with van der Waals surface area (Å²) in [6.07, 6.45) is 1.01. The number of aryl methyl sites for hydroxylation is 1. The first-order chi connectivity index (χ1) is 9.95. The molecule has 0 aromatic heterocycles. The normalized spacial score (nSPS) is 23.3. The van der Waals surface area contributed by atoms with Crippen molar-refractivity contribution < 1.29 is 18.3 Å². The third-order valence-corrected chi connectivity index (χ3v) is 6.94. The molecular formula is C14H19NO4S2. The largest absolute Gasteiger partial charge is 0.480 e. The van der Waals surface area contributed by atoms with Crippen LogP contribution in [0.5, 0.6) is 0 Å². The van der Waals surface area contributed by atoms with Gasteiger partial charge in [0.05, 0.1) is 11.1 Å². The summed E-state index contributed by atoms with van der Waals surface area (Å²) in [5.41, 5.74) is 0.938. The third-order valence-electron chi connectivity index (χ3n) is 3.48. The summed E-state index contributed by atoms with van der Waals surface area (Å²) in [5.74, 6) is -0.808. The predicted molar refractivity (Wildman–Crippen MR) is 83.7 cm³/mol. The summed E-state index contributed by atoms with van der Waals surface area (Å²) in [4.78, 5) is 11.3. The van der Waals surface area contributed by atoms with Crippen molar-refractivity contribution in [3.8, 4) is 0 Å². The second-order valence-corrected chi connectivity index (χ2v) is 8.14. The smallest absolute Gasteiger partial charge is 0.322 e. The lowest BCUT2D eigenvalue weighted by Gasteiger charge is -2.25. The molecule has 1 saturated heterocycles. The van der Waals surface area contributed by atoms with Crippen LogP contribution in [0.1, 0.15) is 18.9 Å². The second kappa shape index (κ2) is 6.81. The van der Waals surface area contributed by atoms with Crippen molar-refractivity contribution in [2.45, 2.75) is 31.2 Å². The highest BCUT2D eigenvalue weighted by Crippen LogP contribution is 2.34. The third kappa shape index (κ3) is 3.78. The maximum Gasteiger partial charge on any atom is 0.322 e. The van der Waals surface area contributed by atoms with Gasteiger partial charge in [0.2, 0.25) is 10.0 Å². The molecule has 0 bridgehead atoms. The van der Waals surface area contributed by atoms with Crippen molar-refractivity contribution in [1.82, 2.24) is 4.31 Å². The van der Waals surface area contributed by atoms with Crippen LogP contribution in [0.2, 0.25) is 0 Å². The Morgan fingerprint density at radius 2 is 2.05 bits per heavy atom. The molecule has 0 aliphatic carbocycles. The van der Waals surface area contributed by atoms with E-state index < -0.39 is 22.0 Å². The van der Waals surface area contributed by atoms with E-state index >= 15 is 0 Å². The molecule has 2 rings (SSSR count). The Hall–Kier alpha value is -1.05. The minimum atomic E-state index is -3.58. The molecule has 1 aliphatic heterocycles. The molecule has 1 N–H and O–H groups in total. The Labute approximate surface area is 129 Å². The minimum absolute atomic E-state index is 0.0577. The van der Waals surface area contributed by atoms with Gasteiger partial charge in [-0.2, -0.15) is 4.31 Å². The molecule has 0 radical (unpaired) electrons. The molecular weight excluding hydrogens is 310 g/mol. The van der Waals surface area contributed by atoms with Gasteiger partial charge in [-0.25, -0.2) is 8.42 Å². The first-order valence-corrected chi connectivity index (χ1v) is 9.51. The predicted octanol–water partition coefficient (Wildman–Crippen LogP) is 1.80. The number of sulfonamides is 1. The van der Waals surface area contributed by atoms with Crippen molar-refractivity contribution in [2.75, 3.05) is 11.5 Å². The highest BCUT2D eigenvalue weighted by molar-refractivity contribution is 8.01. The van der Waals surface area contributed by atoms with Crippen LogP contribution in [0.15, 0.2) is 30.3 Å². The fourth-order valence-electron chi connectivity index (χ4n) is 2.40. The van der Waals surface area contributed by atoms with Gasteiger partial charge >= 0.3 is 5.97 Å². The molecule has 2 atom stereocenters. The lowest BCUT2D eigenvalue weighted by atomic mass is 10.2. The first-order valence-electron chi connectivity index (χ1n) is 6.85.